The minimum atomic E-state index is -3.32. The molecule has 2 atom stereocenters. The van der Waals surface area contributed by atoms with Crippen molar-refractivity contribution in [2.24, 2.45) is 5.92 Å². The van der Waals surface area contributed by atoms with Crippen LogP contribution in [0.15, 0.2) is 16.3 Å². The van der Waals surface area contributed by atoms with Gasteiger partial charge < -0.3 is 5.32 Å². The first-order valence-electron chi connectivity index (χ1n) is 7.13. The highest BCUT2D eigenvalue weighted by atomic mass is 32.2. The van der Waals surface area contributed by atoms with Crippen LogP contribution in [-0.2, 0) is 16.6 Å². The molecular formula is C14H24N2O2S2. The van der Waals surface area contributed by atoms with Gasteiger partial charge in [0.05, 0.1) is 4.90 Å². The largest absolute Gasteiger partial charge is 0.310 e. The van der Waals surface area contributed by atoms with Crippen molar-refractivity contribution in [3.63, 3.8) is 0 Å². The summed E-state index contributed by atoms with van der Waals surface area (Å²) < 4.78 is 27.0. The number of hydrogen-bond donors (Lipinski definition) is 1. The highest BCUT2D eigenvalue weighted by Gasteiger charge is 2.36. The lowest BCUT2D eigenvalue weighted by molar-refractivity contribution is 0.405. The molecule has 0 saturated carbocycles. The van der Waals surface area contributed by atoms with Gasteiger partial charge in [0.25, 0.3) is 0 Å². The van der Waals surface area contributed by atoms with E-state index in [0.717, 1.165) is 17.8 Å². The van der Waals surface area contributed by atoms with Gasteiger partial charge in [0.1, 0.15) is 0 Å². The lowest BCUT2D eigenvalue weighted by atomic mass is 10.1. The van der Waals surface area contributed by atoms with Gasteiger partial charge in [-0.05, 0) is 25.3 Å². The third-order valence-electron chi connectivity index (χ3n) is 3.65. The molecule has 2 rings (SSSR count). The second-order valence-electron chi connectivity index (χ2n) is 6.05. The van der Waals surface area contributed by atoms with Crippen molar-refractivity contribution in [2.45, 2.75) is 57.6 Å². The van der Waals surface area contributed by atoms with Gasteiger partial charge in [-0.1, -0.05) is 20.8 Å². The first-order valence-corrected chi connectivity index (χ1v) is 9.45. The molecule has 0 bridgehead atoms. The molecule has 1 aromatic rings. The van der Waals surface area contributed by atoms with E-state index in [2.05, 4.69) is 26.1 Å². The fraction of sp³-hybridized carbons (Fsp3) is 0.714. The Morgan fingerprint density at radius 1 is 1.45 bits per heavy atom. The minimum absolute atomic E-state index is 0.104. The molecule has 2 heterocycles. The molecule has 4 nitrogen and oxygen atoms in total. The van der Waals surface area contributed by atoms with Gasteiger partial charge in [0.15, 0.2) is 0 Å². The average Bonchev–Trinajstić information content (AvgIpc) is 2.93. The van der Waals surface area contributed by atoms with Crippen molar-refractivity contribution >= 4 is 21.4 Å². The summed E-state index contributed by atoms with van der Waals surface area (Å²) in [5.41, 5.74) is 0. The van der Waals surface area contributed by atoms with Crippen molar-refractivity contribution < 1.29 is 8.42 Å². The maximum absolute atomic E-state index is 12.7. The molecule has 0 radical (unpaired) electrons. The zero-order chi connectivity index (χ0) is 14.9. The quantitative estimate of drug-likeness (QED) is 0.908. The van der Waals surface area contributed by atoms with Gasteiger partial charge in [-0.25, -0.2) is 8.42 Å². The molecule has 1 fully saturated rings. The van der Waals surface area contributed by atoms with Gasteiger partial charge >= 0.3 is 0 Å². The molecule has 1 N–H and O–H groups in total. The molecule has 0 aromatic carbocycles. The SMILES string of the molecule is CC1CC(C)N(S(=O)(=O)c2csc(CNC(C)C)c2)C1. The second-order valence-corrected chi connectivity index (χ2v) is 8.94. The first-order chi connectivity index (χ1) is 9.30. The standard InChI is InChI=1S/C14H24N2O2S2/c1-10(2)15-7-13-6-14(9-19-13)20(17,18)16-8-11(3)5-12(16)4/h6,9-12,15H,5,7-8H2,1-4H3. The summed E-state index contributed by atoms with van der Waals surface area (Å²) in [5.74, 6) is 0.445. The Kier molecular flexibility index (Phi) is 4.89. The molecule has 2 unspecified atom stereocenters. The lowest BCUT2D eigenvalue weighted by Gasteiger charge is -2.20. The summed E-state index contributed by atoms with van der Waals surface area (Å²) in [7, 11) is -3.32. The highest BCUT2D eigenvalue weighted by molar-refractivity contribution is 7.89. The number of sulfonamides is 1. The van der Waals surface area contributed by atoms with Crippen molar-refractivity contribution in [2.75, 3.05) is 6.54 Å². The normalized spacial score (nSPS) is 24.6. The Hall–Kier alpha value is -0.430. The van der Waals surface area contributed by atoms with E-state index in [1.54, 1.807) is 9.69 Å². The molecule has 20 heavy (non-hydrogen) atoms. The van der Waals surface area contributed by atoms with Crippen molar-refractivity contribution in [3.05, 3.63) is 16.3 Å². The summed E-state index contributed by atoms with van der Waals surface area (Å²) >= 11 is 1.51. The van der Waals surface area contributed by atoms with Gasteiger partial charge in [0.2, 0.25) is 10.0 Å². The van der Waals surface area contributed by atoms with Crippen LogP contribution in [0, 0.1) is 5.92 Å². The maximum Gasteiger partial charge on any atom is 0.244 e. The van der Waals surface area contributed by atoms with Crippen LogP contribution in [0.25, 0.3) is 0 Å². The van der Waals surface area contributed by atoms with Crippen LogP contribution in [0.5, 0.6) is 0 Å². The van der Waals surface area contributed by atoms with Crippen LogP contribution in [0.1, 0.15) is 39.0 Å². The van der Waals surface area contributed by atoms with Gasteiger partial charge in [-0.3, -0.25) is 0 Å². The smallest absolute Gasteiger partial charge is 0.244 e. The fourth-order valence-corrected chi connectivity index (χ4v) is 5.60. The Morgan fingerprint density at radius 2 is 2.15 bits per heavy atom. The van der Waals surface area contributed by atoms with Crippen molar-refractivity contribution in [1.82, 2.24) is 9.62 Å². The molecule has 0 spiro atoms. The van der Waals surface area contributed by atoms with Gasteiger partial charge in [0, 0.05) is 35.4 Å². The predicted molar refractivity (Wildman–Crippen MR) is 83.4 cm³/mol. The van der Waals surface area contributed by atoms with Crippen LogP contribution in [-0.4, -0.2) is 31.4 Å². The lowest BCUT2D eigenvalue weighted by Crippen LogP contribution is -2.33. The van der Waals surface area contributed by atoms with Gasteiger partial charge in [-0.15, -0.1) is 11.3 Å². The van der Waals surface area contributed by atoms with E-state index in [4.69, 9.17) is 0 Å². The third kappa shape index (κ3) is 3.42. The van der Waals surface area contributed by atoms with Crippen molar-refractivity contribution in [1.29, 1.82) is 0 Å². The predicted octanol–water partition coefficient (Wildman–Crippen LogP) is 2.67. The molecule has 0 aliphatic carbocycles. The van der Waals surface area contributed by atoms with Gasteiger partial charge in [-0.2, -0.15) is 4.31 Å². The molecule has 1 saturated heterocycles. The summed E-state index contributed by atoms with van der Waals surface area (Å²) in [6, 6.07) is 2.31. The molecule has 1 aromatic heterocycles. The van der Waals surface area contributed by atoms with Crippen LogP contribution in [0.3, 0.4) is 0 Å². The average molecular weight is 316 g/mol. The second kappa shape index (κ2) is 6.13. The highest BCUT2D eigenvalue weighted by Crippen LogP contribution is 2.30. The van der Waals surface area contributed by atoms with E-state index in [1.165, 1.54) is 11.3 Å². The Morgan fingerprint density at radius 3 is 2.70 bits per heavy atom. The zero-order valence-electron chi connectivity index (χ0n) is 12.6. The fourth-order valence-electron chi connectivity index (χ4n) is 2.63. The number of nitrogens with zero attached hydrogens (tertiary/aromatic N) is 1. The molecule has 0 amide bonds. The summed E-state index contributed by atoms with van der Waals surface area (Å²) in [6.45, 7) is 9.63. The van der Waals surface area contributed by atoms with E-state index in [1.807, 2.05) is 13.0 Å². The summed E-state index contributed by atoms with van der Waals surface area (Å²) in [5, 5.41) is 5.08. The summed E-state index contributed by atoms with van der Waals surface area (Å²) in [4.78, 5) is 1.51. The van der Waals surface area contributed by atoms with E-state index < -0.39 is 10.0 Å². The van der Waals surface area contributed by atoms with Crippen LogP contribution >= 0.6 is 11.3 Å². The molecule has 1 aliphatic heterocycles. The topological polar surface area (TPSA) is 49.4 Å². The minimum Gasteiger partial charge on any atom is -0.310 e. The monoisotopic (exact) mass is 316 g/mol. The van der Waals surface area contributed by atoms with Crippen LogP contribution < -0.4 is 5.32 Å². The van der Waals surface area contributed by atoms with Crippen molar-refractivity contribution in [3.8, 4) is 0 Å². The molecule has 1 aliphatic rings. The Labute approximate surface area is 126 Å². The first kappa shape index (κ1) is 15.9. The number of nitrogens with one attached hydrogen (secondary N) is 1. The number of rotatable bonds is 5. The van der Waals surface area contributed by atoms with Crippen LogP contribution in [0.2, 0.25) is 0 Å². The maximum atomic E-state index is 12.7. The number of hydrogen-bond acceptors (Lipinski definition) is 4. The Bertz CT molecular complexity index is 551. The third-order valence-corrected chi connectivity index (χ3v) is 6.69. The molecule has 6 heteroatoms. The van der Waals surface area contributed by atoms with Crippen LogP contribution in [0.4, 0.5) is 0 Å². The summed E-state index contributed by atoms with van der Waals surface area (Å²) in [6.07, 6.45) is 0.950. The van der Waals surface area contributed by atoms with E-state index in [0.29, 0.717) is 23.4 Å². The zero-order valence-corrected chi connectivity index (χ0v) is 14.2. The van der Waals surface area contributed by atoms with E-state index >= 15 is 0 Å². The number of thiophene rings is 1. The molecule has 114 valence electrons. The molecular weight excluding hydrogens is 292 g/mol. The Balaban J connectivity index is 2.14. The van der Waals surface area contributed by atoms with E-state index in [-0.39, 0.29) is 6.04 Å². The van der Waals surface area contributed by atoms with E-state index in [9.17, 15) is 8.42 Å².